The van der Waals surface area contributed by atoms with Gasteiger partial charge in [0.15, 0.2) is 0 Å². The number of hydrogen-bond acceptors (Lipinski definition) is 3. The van der Waals surface area contributed by atoms with Crippen LogP contribution in [-0.4, -0.2) is 19.3 Å². The molecule has 19 heavy (non-hydrogen) atoms. The van der Waals surface area contributed by atoms with Gasteiger partial charge in [-0.15, -0.1) is 17.5 Å². The van der Waals surface area contributed by atoms with Gasteiger partial charge in [-0.3, -0.25) is 0 Å². The quantitative estimate of drug-likeness (QED) is 0.506. The van der Waals surface area contributed by atoms with Crippen molar-refractivity contribution in [3.8, 4) is 5.75 Å². The maximum atomic E-state index is 12.5. The van der Waals surface area contributed by atoms with E-state index in [0.717, 1.165) is 18.3 Å². The Bertz CT molecular complexity index is 484. The summed E-state index contributed by atoms with van der Waals surface area (Å²) < 4.78 is 42.4. The van der Waals surface area contributed by atoms with E-state index in [2.05, 4.69) is 10.2 Å². The molecule has 0 aromatic heterocycles. The number of nitrogens with zero attached hydrogens (tertiary/aromatic N) is 2. The SMILES string of the molecule is COc1ccc(C(F)(F)F)cc1C=NN=C(N)N.Cl. The summed E-state index contributed by atoms with van der Waals surface area (Å²) in [4.78, 5) is 0. The zero-order valence-corrected chi connectivity index (χ0v) is 10.6. The molecule has 0 unspecified atom stereocenters. The van der Waals surface area contributed by atoms with Gasteiger partial charge in [-0.05, 0) is 18.2 Å². The van der Waals surface area contributed by atoms with Crippen molar-refractivity contribution >= 4 is 24.6 Å². The molecule has 9 heteroatoms. The second-order valence-corrected chi connectivity index (χ2v) is 3.22. The van der Waals surface area contributed by atoms with Crippen molar-refractivity contribution in [1.29, 1.82) is 0 Å². The third-order valence-corrected chi connectivity index (χ3v) is 1.93. The summed E-state index contributed by atoms with van der Waals surface area (Å²) in [6, 6.07) is 3.00. The van der Waals surface area contributed by atoms with Crippen LogP contribution in [0.3, 0.4) is 0 Å². The van der Waals surface area contributed by atoms with Crippen LogP contribution in [-0.2, 0) is 6.18 Å². The molecule has 0 radical (unpaired) electrons. The number of benzene rings is 1. The van der Waals surface area contributed by atoms with Crippen LogP contribution in [0.2, 0.25) is 0 Å². The molecule has 0 heterocycles. The largest absolute Gasteiger partial charge is 0.496 e. The minimum absolute atomic E-state index is 0. The molecule has 0 aliphatic heterocycles. The van der Waals surface area contributed by atoms with Crippen LogP contribution < -0.4 is 16.2 Å². The second kappa shape index (κ2) is 6.83. The van der Waals surface area contributed by atoms with E-state index in [4.69, 9.17) is 16.2 Å². The van der Waals surface area contributed by atoms with E-state index in [1.807, 2.05) is 0 Å². The summed E-state index contributed by atoms with van der Waals surface area (Å²) in [5.74, 6) is -0.0604. The zero-order chi connectivity index (χ0) is 13.8. The fraction of sp³-hybridized carbons (Fsp3) is 0.200. The summed E-state index contributed by atoms with van der Waals surface area (Å²) in [6.07, 6.45) is -3.36. The molecule has 0 aliphatic rings. The van der Waals surface area contributed by atoms with Gasteiger partial charge in [0.05, 0.1) is 18.9 Å². The molecule has 0 saturated heterocycles. The van der Waals surface area contributed by atoms with Gasteiger partial charge >= 0.3 is 6.18 Å². The Morgan fingerprint density at radius 3 is 2.42 bits per heavy atom. The van der Waals surface area contributed by atoms with Gasteiger partial charge in [-0.1, -0.05) is 0 Å². The maximum Gasteiger partial charge on any atom is 0.416 e. The molecule has 106 valence electrons. The lowest BCUT2D eigenvalue weighted by molar-refractivity contribution is -0.137. The van der Waals surface area contributed by atoms with E-state index in [1.54, 1.807) is 0 Å². The van der Waals surface area contributed by atoms with Crippen molar-refractivity contribution in [3.63, 3.8) is 0 Å². The van der Waals surface area contributed by atoms with Crippen molar-refractivity contribution in [1.82, 2.24) is 0 Å². The van der Waals surface area contributed by atoms with Crippen LogP contribution in [0.15, 0.2) is 28.4 Å². The minimum Gasteiger partial charge on any atom is -0.496 e. The number of alkyl halides is 3. The van der Waals surface area contributed by atoms with Crippen LogP contribution in [0.25, 0.3) is 0 Å². The lowest BCUT2D eigenvalue weighted by atomic mass is 10.1. The fourth-order valence-electron chi connectivity index (χ4n) is 1.17. The summed E-state index contributed by atoms with van der Waals surface area (Å²) in [7, 11) is 1.33. The third kappa shape index (κ3) is 5.04. The maximum absolute atomic E-state index is 12.5. The first-order chi connectivity index (χ1) is 8.34. The van der Waals surface area contributed by atoms with Crippen LogP contribution >= 0.6 is 12.4 Å². The molecule has 1 aromatic carbocycles. The van der Waals surface area contributed by atoms with Gasteiger partial charge in [0.1, 0.15) is 5.75 Å². The molecule has 0 bridgehead atoms. The van der Waals surface area contributed by atoms with E-state index in [1.165, 1.54) is 13.2 Å². The van der Waals surface area contributed by atoms with Crippen LogP contribution in [0, 0.1) is 0 Å². The Hall–Kier alpha value is -1.96. The average Bonchev–Trinajstić information content (AvgIpc) is 2.27. The summed E-state index contributed by atoms with van der Waals surface area (Å²) >= 11 is 0. The molecule has 0 fully saturated rings. The molecule has 4 N–H and O–H groups in total. The molecule has 1 rings (SSSR count). The zero-order valence-electron chi connectivity index (χ0n) is 9.81. The Labute approximate surface area is 113 Å². The van der Waals surface area contributed by atoms with Gasteiger partial charge in [-0.25, -0.2) is 0 Å². The van der Waals surface area contributed by atoms with Crippen molar-refractivity contribution in [2.75, 3.05) is 7.11 Å². The molecular weight excluding hydrogens is 285 g/mol. The highest BCUT2D eigenvalue weighted by atomic mass is 35.5. The van der Waals surface area contributed by atoms with Crippen LogP contribution in [0.4, 0.5) is 13.2 Å². The Kier molecular flexibility index (Phi) is 6.13. The van der Waals surface area contributed by atoms with Gasteiger partial charge in [0.2, 0.25) is 5.96 Å². The first-order valence-electron chi connectivity index (χ1n) is 4.72. The van der Waals surface area contributed by atoms with Crippen molar-refractivity contribution in [3.05, 3.63) is 29.3 Å². The first kappa shape index (κ1) is 17.0. The lowest BCUT2D eigenvalue weighted by Crippen LogP contribution is -2.21. The smallest absolute Gasteiger partial charge is 0.416 e. The third-order valence-electron chi connectivity index (χ3n) is 1.93. The molecule has 1 aromatic rings. The number of methoxy groups -OCH3 is 1. The summed E-state index contributed by atoms with van der Waals surface area (Å²) in [5.41, 5.74) is 9.37. The highest BCUT2D eigenvalue weighted by Crippen LogP contribution is 2.31. The van der Waals surface area contributed by atoms with Crippen molar-refractivity contribution in [2.24, 2.45) is 21.7 Å². The number of guanidine groups is 1. The molecule has 0 amide bonds. The summed E-state index contributed by atoms with van der Waals surface area (Å²) in [6.45, 7) is 0. The molecular formula is C10H12ClF3N4O. The van der Waals surface area contributed by atoms with E-state index in [9.17, 15) is 13.2 Å². The van der Waals surface area contributed by atoms with Gasteiger partial charge < -0.3 is 16.2 Å². The highest BCUT2D eigenvalue weighted by molar-refractivity contribution is 5.85. The monoisotopic (exact) mass is 296 g/mol. The van der Waals surface area contributed by atoms with E-state index >= 15 is 0 Å². The number of ether oxygens (including phenoxy) is 1. The van der Waals surface area contributed by atoms with Crippen molar-refractivity contribution in [2.45, 2.75) is 6.18 Å². The first-order valence-corrected chi connectivity index (χ1v) is 4.72. The molecule has 0 aliphatic carbocycles. The number of halogens is 4. The predicted octanol–water partition coefficient (Wildman–Crippen LogP) is 1.74. The minimum atomic E-state index is -4.44. The van der Waals surface area contributed by atoms with Crippen LogP contribution in [0.1, 0.15) is 11.1 Å². The number of hydrogen-bond donors (Lipinski definition) is 2. The van der Waals surface area contributed by atoms with Crippen LogP contribution in [0.5, 0.6) is 5.75 Å². The molecule has 5 nitrogen and oxygen atoms in total. The molecule has 0 spiro atoms. The average molecular weight is 297 g/mol. The standard InChI is InChI=1S/C10H11F3N4O.ClH/c1-18-8-3-2-7(10(11,12)13)4-6(8)5-16-17-9(14)15;/h2-5H,1H3,(H4,14,15,17);1H. The van der Waals surface area contributed by atoms with E-state index < -0.39 is 11.7 Å². The highest BCUT2D eigenvalue weighted by Gasteiger charge is 2.30. The lowest BCUT2D eigenvalue weighted by Gasteiger charge is -2.09. The summed E-state index contributed by atoms with van der Waals surface area (Å²) in [5, 5.41) is 6.73. The van der Waals surface area contributed by atoms with Gasteiger partial charge in [0.25, 0.3) is 0 Å². The Balaban J connectivity index is 0.00000324. The topological polar surface area (TPSA) is 86.0 Å². The normalized spacial score (nSPS) is 10.9. The van der Waals surface area contributed by atoms with Crippen molar-refractivity contribution < 1.29 is 17.9 Å². The number of nitrogens with two attached hydrogens (primary N) is 2. The Morgan fingerprint density at radius 2 is 1.95 bits per heavy atom. The number of rotatable bonds is 3. The fourth-order valence-corrected chi connectivity index (χ4v) is 1.17. The van der Waals surface area contributed by atoms with E-state index in [-0.39, 0.29) is 29.7 Å². The second-order valence-electron chi connectivity index (χ2n) is 3.22. The van der Waals surface area contributed by atoms with E-state index in [0.29, 0.717) is 0 Å². The molecule has 0 atom stereocenters. The Morgan fingerprint density at radius 1 is 1.32 bits per heavy atom. The molecule has 0 saturated carbocycles. The predicted molar refractivity (Wildman–Crippen MR) is 68.6 cm³/mol. The van der Waals surface area contributed by atoms with Gasteiger partial charge in [0, 0.05) is 5.56 Å². The van der Waals surface area contributed by atoms with Gasteiger partial charge in [-0.2, -0.15) is 18.3 Å².